The quantitative estimate of drug-likeness (QED) is 0.192. The van der Waals surface area contributed by atoms with Gasteiger partial charge < -0.3 is 9.47 Å². The summed E-state index contributed by atoms with van der Waals surface area (Å²) in [6, 6.07) is 4.38. The minimum atomic E-state index is -6.00. The number of benzene rings is 1. The Balaban J connectivity index is 2.19. The van der Waals surface area contributed by atoms with E-state index in [1.165, 1.54) is 25.1 Å². The van der Waals surface area contributed by atoms with Crippen LogP contribution in [0.25, 0.3) is 0 Å². The molecule has 1 aliphatic rings. The average Bonchev–Trinajstić information content (AvgIpc) is 2.70. The average molecular weight is 486 g/mol. The van der Waals surface area contributed by atoms with Crippen molar-refractivity contribution in [2.24, 2.45) is 5.92 Å². The number of halogens is 5. The van der Waals surface area contributed by atoms with E-state index in [9.17, 15) is 40.0 Å². The lowest BCUT2D eigenvalue weighted by Crippen LogP contribution is -2.53. The largest absolute Gasteiger partial charge is 0.444 e. The van der Waals surface area contributed by atoms with Gasteiger partial charge in [0.05, 0.1) is 13.0 Å². The number of carbonyl (C=O) groups is 2. The molecule has 0 fully saturated rings. The fourth-order valence-corrected chi connectivity index (χ4v) is 3.64. The van der Waals surface area contributed by atoms with E-state index in [2.05, 4.69) is 15.5 Å². The van der Waals surface area contributed by atoms with Gasteiger partial charge >= 0.3 is 33.5 Å². The van der Waals surface area contributed by atoms with Crippen LogP contribution in [0.4, 0.5) is 22.0 Å². The molecule has 178 valence electrons. The van der Waals surface area contributed by atoms with Gasteiger partial charge in [-0.15, -0.1) is 0 Å². The molecule has 0 saturated carbocycles. The van der Waals surface area contributed by atoms with Gasteiger partial charge in [0, 0.05) is 5.57 Å². The monoisotopic (exact) mass is 486 g/mol. The van der Waals surface area contributed by atoms with Gasteiger partial charge in [0.2, 0.25) is 0 Å². The van der Waals surface area contributed by atoms with Crippen molar-refractivity contribution in [3.63, 3.8) is 0 Å². The number of esters is 2. The Morgan fingerprint density at radius 2 is 1.78 bits per heavy atom. The van der Waals surface area contributed by atoms with Crippen LogP contribution in [0.15, 0.2) is 30.4 Å². The number of ether oxygens (including phenoxy) is 2. The Morgan fingerprint density at radius 3 is 2.31 bits per heavy atom. The standard InChI is InChI=1S/C19H19F5O7S/c1-10(2)15(25)30-14-7-6-11-8-13(5-4-12(11)9-14)16(26)31-17(18(20,21)22)19(23,24)32(27,28)29-3/h6-7,9,13,17H,1,4-5,8H2,2-3H3. The number of aryl methyl sites for hydroxylation is 1. The summed E-state index contributed by atoms with van der Waals surface area (Å²) in [7, 11) is -5.74. The van der Waals surface area contributed by atoms with Crippen LogP contribution in [0.3, 0.4) is 0 Å². The zero-order chi connectivity index (χ0) is 24.5. The molecule has 32 heavy (non-hydrogen) atoms. The zero-order valence-electron chi connectivity index (χ0n) is 16.9. The normalized spacial score (nSPS) is 17.8. The number of hydrogen-bond acceptors (Lipinski definition) is 7. The molecule has 13 heteroatoms. The fraction of sp³-hybridized carbons (Fsp3) is 0.474. The summed E-state index contributed by atoms with van der Waals surface area (Å²) in [5, 5.41) is -5.55. The first-order valence-corrected chi connectivity index (χ1v) is 10.5. The molecular weight excluding hydrogens is 467 g/mol. The fourth-order valence-electron chi connectivity index (χ4n) is 2.97. The molecule has 2 rings (SSSR count). The van der Waals surface area contributed by atoms with E-state index >= 15 is 0 Å². The molecule has 1 aromatic carbocycles. The predicted octanol–water partition coefficient (Wildman–Crippen LogP) is 3.32. The second-order valence-corrected chi connectivity index (χ2v) is 8.87. The van der Waals surface area contributed by atoms with Crippen LogP contribution in [0.1, 0.15) is 24.5 Å². The van der Waals surface area contributed by atoms with Crippen LogP contribution in [0.5, 0.6) is 5.75 Å². The van der Waals surface area contributed by atoms with Crippen LogP contribution >= 0.6 is 0 Å². The lowest BCUT2D eigenvalue weighted by Gasteiger charge is -2.30. The smallest absolute Gasteiger partial charge is 0.432 e. The highest BCUT2D eigenvalue weighted by Gasteiger charge is 2.66. The van der Waals surface area contributed by atoms with E-state index < -0.39 is 45.5 Å². The molecule has 1 aliphatic carbocycles. The van der Waals surface area contributed by atoms with Crippen molar-refractivity contribution in [3.05, 3.63) is 41.5 Å². The topological polar surface area (TPSA) is 96.0 Å². The molecule has 0 aliphatic heterocycles. The molecule has 1 aromatic rings. The molecule has 0 spiro atoms. The number of rotatable bonds is 7. The summed E-state index contributed by atoms with van der Waals surface area (Å²) in [6.07, 6.45) is -10.2. The van der Waals surface area contributed by atoms with E-state index in [1.54, 1.807) is 0 Å². The lowest BCUT2D eigenvalue weighted by atomic mass is 9.84. The molecule has 0 radical (unpaired) electrons. The van der Waals surface area contributed by atoms with Gasteiger partial charge in [-0.3, -0.25) is 8.98 Å². The van der Waals surface area contributed by atoms with E-state index in [0.29, 0.717) is 11.1 Å². The van der Waals surface area contributed by atoms with Crippen LogP contribution in [0.2, 0.25) is 0 Å². The first-order chi connectivity index (χ1) is 14.6. The van der Waals surface area contributed by atoms with Crippen molar-refractivity contribution < 1.29 is 53.6 Å². The van der Waals surface area contributed by atoms with Gasteiger partial charge in [0.1, 0.15) is 5.75 Å². The first-order valence-electron chi connectivity index (χ1n) is 9.04. The summed E-state index contributed by atoms with van der Waals surface area (Å²) in [4.78, 5) is 23.8. The second kappa shape index (κ2) is 9.14. The number of fused-ring (bicyclic) bond motifs is 1. The third-order valence-electron chi connectivity index (χ3n) is 4.69. The molecule has 0 saturated heterocycles. The minimum absolute atomic E-state index is 0.0586. The number of carbonyl (C=O) groups excluding carboxylic acids is 2. The summed E-state index contributed by atoms with van der Waals surface area (Å²) < 4.78 is 102. The van der Waals surface area contributed by atoms with Crippen LogP contribution in [-0.4, -0.2) is 45.0 Å². The van der Waals surface area contributed by atoms with Gasteiger partial charge in [0.25, 0.3) is 6.10 Å². The Labute approximate surface area is 180 Å². The molecule has 0 bridgehead atoms. The van der Waals surface area contributed by atoms with Crippen molar-refractivity contribution in [2.75, 3.05) is 7.11 Å². The Morgan fingerprint density at radius 1 is 1.16 bits per heavy atom. The van der Waals surface area contributed by atoms with Crippen LogP contribution in [-0.2, 0) is 41.5 Å². The first kappa shape index (κ1) is 25.7. The Bertz CT molecular complexity index is 1020. The molecule has 0 aromatic heterocycles. The Hall–Kier alpha value is -2.54. The van der Waals surface area contributed by atoms with Gasteiger partial charge in [-0.25, -0.2) is 4.79 Å². The minimum Gasteiger partial charge on any atom is -0.444 e. The predicted molar refractivity (Wildman–Crippen MR) is 99.2 cm³/mol. The summed E-state index contributed by atoms with van der Waals surface area (Å²) in [5.41, 5.74) is 1.31. The third kappa shape index (κ3) is 5.44. The molecule has 0 amide bonds. The van der Waals surface area contributed by atoms with E-state index in [1.807, 2.05) is 0 Å². The highest BCUT2D eigenvalue weighted by Crippen LogP contribution is 2.40. The highest BCUT2D eigenvalue weighted by molar-refractivity contribution is 7.87. The molecule has 0 N–H and O–H groups in total. The van der Waals surface area contributed by atoms with Crippen molar-refractivity contribution in [3.8, 4) is 5.75 Å². The maximum Gasteiger partial charge on any atom is 0.432 e. The summed E-state index contributed by atoms with van der Waals surface area (Å²) >= 11 is 0. The van der Waals surface area contributed by atoms with Gasteiger partial charge in [-0.2, -0.15) is 30.4 Å². The second-order valence-electron chi connectivity index (χ2n) is 7.08. The summed E-state index contributed by atoms with van der Waals surface area (Å²) in [5.74, 6) is -3.31. The molecular formula is C19H19F5O7S. The van der Waals surface area contributed by atoms with Crippen molar-refractivity contribution >= 4 is 22.1 Å². The lowest BCUT2D eigenvalue weighted by molar-refractivity contribution is -0.261. The van der Waals surface area contributed by atoms with Crippen molar-refractivity contribution in [2.45, 2.75) is 43.7 Å². The van der Waals surface area contributed by atoms with Crippen LogP contribution < -0.4 is 4.74 Å². The van der Waals surface area contributed by atoms with Gasteiger partial charge in [-0.05, 0) is 49.4 Å². The molecule has 2 atom stereocenters. The van der Waals surface area contributed by atoms with E-state index in [4.69, 9.17) is 4.74 Å². The number of alkyl halides is 5. The van der Waals surface area contributed by atoms with E-state index in [0.717, 1.165) is 0 Å². The van der Waals surface area contributed by atoms with Gasteiger partial charge in [-0.1, -0.05) is 12.6 Å². The third-order valence-corrected chi connectivity index (χ3v) is 6.01. The zero-order valence-corrected chi connectivity index (χ0v) is 17.7. The van der Waals surface area contributed by atoms with E-state index in [-0.39, 0.29) is 37.7 Å². The maximum absolute atomic E-state index is 14.0. The molecule has 0 heterocycles. The highest BCUT2D eigenvalue weighted by atomic mass is 32.2. The Kier molecular flexibility index (Phi) is 7.34. The van der Waals surface area contributed by atoms with Crippen LogP contribution in [0, 0.1) is 5.92 Å². The maximum atomic E-state index is 14.0. The molecule has 7 nitrogen and oxygen atoms in total. The van der Waals surface area contributed by atoms with Crippen molar-refractivity contribution in [1.82, 2.24) is 0 Å². The summed E-state index contributed by atoms with van der Waals surface area (Å²) in [6.45, 7) is 4.89. The molecule has 2 unspecified atom stereocenters. The SMILES string of the molecule is C=C(C)C(=O)Oc1ccc2c(c1)CCC(C(=O)OC(C(F)(F)F)C(F)(F)S(=O)(=O)OC)C2. The van der Waals surface area contributed by atoms with Gasteiger partial charge in [0.15, 0.2) is 0 Å². The van der Waals surface area contributed by atoms with Crippen molar-refractivity contribution in [1.29, 1.82) is 0 Å². The number of hydrogen-bond donors (Lipinski definition) is 0.